The molecule has 0 unspecified atom stereocenters. The normalized spacial score (nSPS) is 22.5. The topological polar surface area (TPSA) is 45.4 Å². The van der Waals surface area contributed by atoms with Crippen molar-refractivity contribution in [2.75, 3.05) is 31.1 Å². The lowest BCUT2D eigenvalue weighted by Gasteiger charge is -2.36. The van der Waals surface area contributed by atoms with E-state index in [1.807, 2.05) is 6.20 Å². The lowest BCUT2D eigenvalue weighted by atomic mass is 10.1. The number of nitrogens with two attached hydrogens (primary N) is 1. The van der Waals surface area contributed by atoms with Gasteiger partial charge in [0.25, 0.3) is 0 Å². The van der Waals surface area contributed by atoms with Crippen LogP contribution >= 0.6 is 0 Å². The predicted octanol–water partition coefficient (Wildman–Crippen LogP) is 1.78. The van der Waals surface area contributed by atoms with Crippen LogP contribution in [0.4, 0.5) is 5.69 Å². The van der Waals surface area contributed by atoms with Gasteiger partial charge >= 0.3 is 0 Å². The van der Waals surface area contributed by atoms with E-state index < -0.39 is 0 Å². The van der Waals surface area contributed by atoms with E-state index in [2.05, 4.69) is 33.8 Å². The maximum absolute atomic E-state index is 6.00. The van der Waals surface area contributed by atoms with Gasteiger partial charge in [0.1, 0.15) is 0 Å². The van der Waals surface area contributed by atoms with Gasteiger partial charge in [0.15, 0.2) is 0 Å². The molecule has 3 rings (SSSR count). The van der Waals surface area contributed by atoms with Crippen LogP contribution in [0.5, 0.6) is 0 Å². The quantitative estimate of drug-likeness (QED) is 0.896. The maximum Gasteiger partial charge on any atom is 0.0572 e. The number of rotatable bonds is 4. The van der Waals surface area contributed by atoms with Crippen molar-refractivity contribution < 1.29 is 0 Å². The van der Waals surface area contributed by atoms with Crippen LogP contribution in [0.25, 0.3) is 0 Å². The lowest BCUT2D eigenvalue weighted by molar-refractivity contribution is 0.248. The maximum atomic E-state index is 6.00. The second-order valence-electron chi connectivity index (χ2n) is 5.71. The molecule has 1 aliphatic heterocycles. The Labute approximate surface area is 115 Å². The molecule has 2 aliphatic rings. The lowest BCUT2D eigenvalue weighted by Crippen LogP contribution is -2.47. The molecule has 104 valence electrons. The van der Waals surface area contributed by atoms with Crippen LogP contribution in [0.3, 0.4) is 0 Å². The number of hydrogen-bond donors (Lipinski definition) is 1. The van der Waals surface area contributed by atoms with Crippen molar-refractivity contribution in [3.8, 4) is 0 Å². The first-order valence-corrected chi connectivity index (χ1v) is 7.48. The minimum absolute atomic E-state index is 0.0702. The van der Waals surface area contributed by atoms with Crippen LogP contribution in [0.15, 0.2) is 18.3 Å². The van der Waals surface area contributed by atoms with Gasteiger partial charge in [0, 0.05) is 38.3 Å². The van der Waals surface area contributed by atoms with Gasteiger partial charge in [0.05, 0.1) is 17.6 Å². The fourth-order valence-electron chi connectivity index (χ4n) is 2.80. The highest BCUT2D eigenvalue weighted by molar-refractivity contribution is 5.45. The molecular weight excluding hydrogens is 236 g/mol. The Morgan fingerprint density at radius 3 is 2.53 bits per heavy atom. The third-order valence-electron chi connectivity index (χ3n) is 4.33. The van der Waals surface area contributed by atoms with E-state index in [0.29, 0.717) is 0 Å². The Balaban J connectivity index is 1.60. The van der Waals surface area contributed by atoms with Gasteiger partial charge in [-0.2, -0.15) is 0 Å². The molecule has 0 spiro atoms. The highest BCUT2D eigenvalue weighted by atomic mass is 15.3. The third kappa shape index (κ3) is 2.90. The summed E-state index contributed by atoms with van der Waals surface area (Å²) >= 11 is 0. The highest BCUT2D eigenvalue weighted by Crippen LogP contribution is 2.28. The molecule has 19 heavy (non-hydrogen) atoms. The SMILES string of the molecule is CC[C@H](N)c1ccc(N2CCN(C3CC3)CC2)cn1. The first-order valence-electron chi connectivity index (χ1n) is 7.48. The van der Waals surface area contributed by atoms with E-state index in [1.54, 1.807) is 0 Å². The zero-order valence-corrected chi connectivity index (χ0v) is 11.8. The summed E-state index contributed by atoms with van der Waals surface area (Å²) in [6.45, 7) is 6.73. The zero-order valence-electron chi connectivity index (χ0n) is 11.8. The van der Waals surface area contributed by atoms with Crippen LogP contribution in [-0.2, 0) is 0 Å². The van der Waals surface area contributed by atoms with Crippen LogP contribution in [0.2, 0.25) is 0 Å². The zero-order chi connectivity index (χ0) is 13.2. The summed E-state index contributed by atoms with van der Waals surface area (Å²) in [5.74, 6) is 0. The average Bonchev–Trinajstić information content (AvgIpc) is 3.31. The van der Waals surface area contributed by atoms with Crippen LogP contribution < -0.4 is 10.6 Å². The van der Waals surface area contributed by atoms with Gasteiger partial charge < -0.3 is 10.6 Å². The van der Waals surface area contributed by atoms with E-state index in [9.17, 15) is 0 Å². The number of anilines is 1. The van der Waals surface area contributed by atoms with Gasteiger partial charge in [-0.3, -0.25) is 9.88 Å². The standard InChI is InChI=1S/C15H24N4/c1-2-14(16)15-6-5-13(11-17-15)19-9-7-18(8-10-19)12-3-4-12/h5-6,11-12,14H,2-4,7-10,16H2,1H3/t14-/m0/s1. The minimum atomic E-state index is 0.0702. The van der Waals surface area contributed by atoms with Crippen LogP contribution in [0, 0.1) is 0 Å². The first-order chi connectivity index (χ1) is 9.28. The third-order valence-corrected chi connectivity index (χ3v) is 4.33. The molecule has 1 saturated carbocycles. The Morgan fingerprint density at radius 1 is 1.26 bits per heavy atom. The summed E-state index contributed by atoms with van der Waals surface area (Å²) in [6, 6.07) is 5.22. The van der Waals surface area contributed by atoms with E-state index in [4.69, 9.17) is 5.73 Å². The van der Waals surface area contributed by atoms with E-state index in [0.717, 1.165) is 31.2 Å². The van der Waals surface area contributed by atoms with Crippen molar-refractivity contribution >= 4 is 5.69 Å². The summed E-state index contributed by atoms with van der Waals surface area (Å²) in [6.07, 6.45) is 5.74. The fourth-order valence-corrected chi connectivity index (χ4v) is 2.80. The minimum Gasteiger partial charge on any atom is -0.368 e. The van der Waals surface area contributed by atoms with Crippen molar-refractivity contribution in [3.63, 3.8) is 0 Å². The first kappa shape index (κ1) is 12.9. The van der Waals surface area contributed by atoms with Gasteiger partial charge in [-0.15, -0.1) is 0 Å². The average molecular weight is 260 g/mol. The molecule has 1 saturated heterocycles. The summed E-state index contributed by atoms with van der Waals surface area (Å²) in [4.78, 5) is 9.58. The number of aromatic nitrogens is 1. The molecule has 1 aromatic heterocycles. The largest absolute Gasteiger partial charge is 0.368 e. The Kier molecular flexibility index (Phi) is 3.71. The van der Waals surface area contributed by atoms with E-state index in [-0.39, 0.29) is 6.04 Å². The van der Waals surface area contributed by atoms with Crippen molar-refractivity contribution in [1.29, 1.82) is 0 Å². The number of pyridine rings is 1. The van der Waals surface area contributed by atoms with Crippen molar-refractivity contribution in [2.24, 2.45) is 5.73 Å². The summed E-state index contributed by atoms with van der Waals surface area (Å²) in [5.41, 5.74) is 8.24. The molecule has 1 aliphatic carbocycles. The van der Waals surface area contributed by atoms with E-state index in [1.165, 1.54) is 31.6 Å². The van der Waals surface area contributed by atoms with Crippen molar-refractivity contribution in [3.05, 3.63) is 24.0 Å². The number of hydrogen-bond acceptors (Lipinski definition) is 4. The molecule has 2 fully saturated rings. The summed E-state index contributed by atoms with van der Waals surface area (Å²) < 4.78 is 0. The van der Waals surface area contributed by atoms with Gasteiger partial charge in [-0.1, -0.05) is 6.92 Å². The molecule has 0 amide bonds. The van der Waals surface area contributed by atoms with Gasteiger partial charge in [-0.05, 0) is 31.4 Å². The Morgan fingerprint density at radius 2 is 2.00 bits per heavy atom. The Bertz CT molecular complexity index is 405. The highest BCUT2D eigenvalue weighted by Gasteiger charge is 2.31. The molecular formula is C15H24N4. The van der Waals surface area contributed by atoms with Gasteiger partial charge in [-0.25, -0.2) is 0 Å². The van der Waals surface area contributed by atoms with Crippen LogP contribution in [0.1, 0.15) is 37.9 Å². The molecule has 1 aromatic rings. The van der Waals surface area contributed by atoms with Crippen molar-refractivity contribution in [1.82, 2.24) is 9.88 Å². The number of nitrogens with zero attached hydrogens (tertiary/aromatic N) is 3. The molecule has 0 bridgehead atoms. The Hall–Kier alpha value is -1.13. The van der Waals surface area contributed by atoms with Gasteiger partial charge in [0.2, 0.25) is 0 Å². The fraction of sp³-hybridized carbons (Fsp3) is 0.667. The second-order valence-corrected chi connectivity index (χ2v) is 5.71. The molecule has 4 heteroatoms. The molecule has 2 N–H and O–H groups in total. The second kappa shape index (κ2) is 5.47. The van der Waals surface area contributed by atoms with E-state index >= 15 is 0 Å². The molecule has 4 nitrogen and oxygen atoms in total. The number of piperazine rings is 1. The monoisotopic (exact) mass is 260 g/mol. The smallest absolute Gasteiger partial charge is 0.0572 e. The molecule has 2 heterocycles. The molecule has 0 radical (unpaired) electrons. The van der Waals surface area contributed by atoms with Crippen LogP contribution in [-0.4, -0.2) is 42.1 Å². The summed E-state index contributed by atoms with van der Waals surface area (Å²) in [5, 5.41) is 0. The predicted molar refractivity (Wildman–Crippen MR) is 78.3 cm³/mol. The van der Waals surface area contributed by atoms with Crippen molar-refractivity contribution in [2.45, 2.75) is 38.3 Å². The summed E-state index contributed by atoms with van der Waals surface area (Å²) in [7, 11) is 0. The molecule has 0 aromatic carbocycles. The molecule has 1 atom stereocenters.